The summed E-state index contributed by atoms with van der Waals surface area (Å²) in [6.45, 7) is 0.760. The highest BCUT2D eigenvalue weighted by atomic mass is 35.5. The zero-order chi connectivity index (χ0) is 15.6. The second kappa shape index (κ2) is 6.57. The largest absolute Gasteiger partial charge is 0.472 e. The topological polar surface area (TPSA) is 42.2 Å². The predicted molar refractivity (Wildman–Crippen MR) is 90.6 cm³/mol. The summed E-state index contributed by atoms with van der Waals surface area (Å²) in [5.41, 5.74) is 2.20. The Balaban J connectivity index is 1.74. The summed E-state index contributed by atoms with van der Waals surface area (Å²) in [7, 11) is -0.791. The second-order valence-corrected chi connectivity index (χ2v) is 8.10. The van der Waals surface area contributed by atoms with Crippen molar-refractivity contribution < 1.29 is 8.63 Å². The van der Waals surface area contributed by atoms with Crippen LogP contribution >= 0.6 is 11.6 Å². The quantitative estimate of drug-likeness (QED) is 0.837. The molecule has 2 atom stereocenters. The Kier molecular flexibility index (Phi) is 4.71. The van der Waals surface area contributed by atoms with Crippen LogP contribution in [0.4, 0.5) is 0 Å². The first kappa shape index (κ1) is 15.8. The van der Waals surface area contributed by atoms with Crippen molar-refractivity contribution in [3.63, 3.8) is 0 Å². The van der Waals surface area contributed by atoms with E-state index in [-0.39, 0.29) is 10.8 Å². The fourth-order valence-corrected chi connectivity index (χ4v) is 3.86. The number of benzene rings is 1. The van der Waals surface area contributed by atoms with Gasteiger partial charge >= 0.3 is 0 Å². The SMILES string of the molecule is CS(=O)C1(CNC(Cc2ccccc2Cl)c2ccoc2)CC1. The molecule has 1 fully saturated rings. The van der Waals surface area contributed by atoms with E-state index in [2.05, 4.69) is 5.32 Å². The monoisotopic (exact) mass is 337 g/mol. The molecule has 2 unspecified atom stereocenters. The smallest absolute Gasteiger partial charge is 0.0950 e. The van der Waals surface area contributed by atoms with Gasteiger partial charge in [0.2, 0.25) is 0 Å². The molecular weight excluding hydrogens is 318 g/mol. The van der Waals surface area contributed by atoms with Crippen molar-refractivity contribution in [2.24, 2.45) is 0 Å². The van der Waals surface area contributed by atoms with Gasteiger partial charge in [0, 0.05) is 40.2 Å². The molecule has 1 heterocycles. The first-order chi connectivity index (χ1) is 10.6. The molecule has 5 heteroatoms. The Morgan fingerprint density at radius 1 is 1.36 bits per heavy atom. The normalized spacial score (nSPS) is 18.8. The average Bonchev–Trinajstić information content (AvgIpc) is 3.11. The van der Waals surface area contributed by atoms with Gasteiger partial charge in [0.15, 0.2) is 0 Å². The molecule has 22 heavy (non-hydrogen) atoms. The van der Waals surface area contributed by atoms with Crippen LogP contribution in [0, 0.1) is 0 Å². The molecule has 3 rings (SSSR count). The first-order valence-electron chi connectivity index (χ1n) is 7.43. The molecule has 0 saturated heterocycles. The lowest BCUT2D eigenvalue weighted by molar-refractivity contribution is 0.505. The number of nitrogens with one attached hydrogen (secondary N) is 1. The van der Waals surface area contributed by atoms with Crippen LogP contribution in [0.3, 0.4) is 0 Å². The lowest BCUT2D eigenvalue weighted by Gasteiger charge is -2.21. The van der Waals surface area contributed by atoms with Crippen LogP contribution in [0.5, 0.6) is 0 Å². The first-order valence-corrected chi connectivity index (χ1v) is 9.37. The van der Waals surface area contributed by atoms with Crippen molar-refractivity contribution in [2.45, 2.75) is 30.1 Å². The third-order valence-electron chi connectivity index (χ3n) is 4.42. The van der Waals surface area contributed by atoms with E-state index in [1.54, 1.807) is 18.8 Å². The van der Waals surface area contributed by atoms with Crippen LogP contribution in [0.15, 0.2) is 47.3 Å². The van der Waals surface area contributed by atoms with E-state index >= 15 is 0 Å². The number of halogens is 1. The van der Waals surface area contributed by atoms with E-state index in [1.807, 2.05) is 30.3 Å². The molecule has 1 N–H and O–H groups in total. The second-order valence-electron chi connectivity index (χ2n) is 5.92. The van der Waals surface area contributed by atoms with Crippen molar-refractivity contribution in [1.29, 1.82) is 0 Å². The summed E-state index contributed by atoms with van der Waals surface area (Å²) in [4.78, 5) is 0. The molecule has 0 aliphatic heterocycles. The van der Waals surface area contributed by atoms with E-state index < -0.39 is 10.8 Å². The van der Waals surface area contributed by atoms with Crippen molar-refractivity contribution in [3.8, 4) is 0 Å². The fourth-order valence-electron chi connectivity index (χ4n) is 2.68. The van der Waals surface area contributed by atoms with Gasteiger partial charge in [0.05, 0.1) is 17.3 Å². The van der Waals surface area contributed by atoms with Gasteiger partial charge in [-0.3, -0.25) is 4.21 Å². The summed E-state index contributed by atoms with van der Waals surface area (Å²) in [6, 6.07) is 9.97. The van der Waals surface area contributed by atoms with Gasteiger partial charge in [0.25, 0.3) is 0 Å². The van der Waals surface area contributed by atoms with Gasteiger partial charge in [-0.1, -0.05) is 29.8 Å². The van der Waals surface area contributed by atoms with E-state index in [0.717, 1.165) is 42.0 Å². The van der Waals surface area contributed by atoms with Crippen LogP contribution in [-0.2, 0) is 17.2 Å². The minimum Gasteiger partial charge on any atom is -0.472 e. The van der Waals surface area contributed by atoms with Crippen LogP contribution in [0.2, 0.25) is 5.02 Å². The Morgan fingerprint density at radius 2 is 2.14 bits per heavy atom. The van der Waals surface area contributed by atoms with Gasteiger partial charge in [-0.15, -0.1) is 0 Å². The average molecular weight is 338 g/mol. The minimum atomic E-state index is -0.791. The molecule has 0 amide bonds. The van der Waals surface area contributed by atoms with Crippen molar-refractivity contribution >= 4 is 22.4 Å². The zero-order valence-electron chi connectivity index (χ0n) is 12.5. The maximum Gasteiger partial charge on any atom is 0.0950 e. The molecular formula is C17H20ClNO2S. The third kappa shape index (κ3) is 3.45. The number of furan rings is 1. The summed E-state index contributed by atoms with van der Waals surface area (Å²) in [6.07, 6.45) is 8.10. The summed E-state index contributed by atoms with van der Waals surface area (Å²) >= 11 is 6.28. The maximum atomic E-state index is 11.9. The van der Waals surface area contributed by atoms with E-state index in [0.29, 0.717) is 0 Å². The maximum absolute atomic E-state index is 11.9. The molecule has 118 valence electrons. The molecule has 0 radical (unpaired) electrons. The third-order valence-corrected chi connectivity index (χ3v) is 6.56. The molecule has 1 saturated carbocycles. The van der Waals surface area contributed by atoms with Crippen LogP contribution in [0.25, 0.3) is 0 Å². The Morgan fingerprint density at radius 3 is 2.73 bits per heavy atom. The fraction of sp³-hybridized carbons (Fsp3) is 0.412. The van der Waals surface area contributed by atoms with Gasteiger partial charge < -0.3 is 9.73 Å². The van der Waals surface area contributed by atoms with Crippen molar-refractivity contribution in [1.82, 2.24) is 5.32 Å². The highest BCUT2D eigenvalue weighted by Gasteiger charge is 2.46. The number of hydrogen-bond acceptors (Lipinski definition) is 3. The summed E-state index contributed by atoms with van der Waals surface area (Å²) in [5, 5.41) is 4.35. The lowest BCUT2D eigenvalue weighted by atomic mass is 10.0. The molecule has 1 aromatic carbocycles. The summed E-state index contributed by atoms with van der Waals surface area (Å²) < 4.78 is 17.1. The predicted octanol–water partition coefficient (Wildman–Crippen LogP) is 3.72. The van der Waals surface area contributed by atoms with Crippen molar-refractivity contribution in [2.75, 3.05) is 12.8 Å². The van der Waals surface area contributed by atoms with Crippen LogP contribution in [0.1, 0.15) is 30.0 Å². The highest BCUT2D eigenvalue weighted by molar-refractivity contribution is 7.86. The lowest BCUT2D eigenvalue weighted by Crippen LogP contribution is -2.35. The number of rotatable bonds is 7. The standard InChI is InChI=1S/C17H20ClNO2S/c1-22(20)17(7-8-17)12-19-16(14-6-9-21-11-14)10-13-4-2-3-5-15(13)18/h2-6,9,11,16,19H,7-8,10,12H2,1H3. The molecule has 0 bridgehead atoms. The van der Waals surface area contributed by atoms with Gasteiger partial charge in [-0.05, 0) is 37.0 Å². The molecule has 1 aliphatic rings. The zero-order valence-corrected chi connectivity index (χ0v) is 14.1. The molecule has 0 spiro atoms. The van der Waals surface area contributed by atoms with Gasteiger partial charge in [-0.2, -0.15) is 0 Å². The highest BCUT2D eigenvalue weighted by Crippen LogP contribution is 2.41. The van der Waals surface area contributed by atoms with Gasteiger partial charge in [0.1, 0.15) is 0 Å². The van der Waals surface area contributed by atoms with Gasteiger partial charge in [-0.25, -0.2) is 0 Å². The summed E-state index contributed by atoms with van der Waals surface area (Å²) in [5.74, 6) is 0. The molecule has 2 aromatic rings. The van der Waals surface area contributed by atoms with Crippen LogP contribution in [-0.4, -0.2) is 21.8 Å². The van der Waals surface area contributed by atoms with Crippen LogP contribution < -0.4 is 5.32 Å². The molecule has 1 aliphatic carbocycles. The van der Waals surface area contributed by atoms with Crippen molar-refractivity contribution in [3.05, 3.63) is 59.0 Å². The Bertz CT molecular complexity index is 652. The molecule has 1 aromatic heterocycles. The minimum absolute atomic E-state index is 0.0392. The Labute approximate surface area is 138 Å². The van der Waals surface area contributed by atoms with E-state index in [4.69, 9.17) is 16.0 Å². The number of hydrogen-bond donors (Lipinski definition) is 1. The van der Waals surface area contributed by atoms with E-state index in [1.165, 1.54) is 0 Å². The van der Waals surface area contributed by atoms with E-state index in [9.17, 15) is 4.21 Å². The molecule has 3 nitrogen and oxygen atoms in total. The Hall–Kier alpha value is -1.10.